The molecular formula is C18H28N2. The van der Waals surface area contributed by atoms with Crippen molar-refractivity contribution in [2.24, 2.45) is 0 Å². The molecule has 1 aliphatic rings. The van der Waals surface area contributed by atoms with Crippen molar-refractivity contribution in [1.29, 1.82) is 0 Å². The third kappa shape index (κ3) is 3.50. The lowest BCUT2D eigenvalue weighted by atomic mass is 9.87. The van der Waals surface area contributed by atoms with Crippen LogP contribution in [0.25, 0.3) is 0 Å². The normalized spacial score (nSPS) is 28.1. The third-order valence-corrected chi connectivity index (χ3v) is 4.46. The standard InChI is InChI=1S/C18H28N2/c1-4-6-10-13-20-15-18(3,19-14-17(20)5-2)16-11-8-7-9-12-16/h4,6-9,11-12,17,19H,5,10,13-15H2,1-3H3/b6-4+. The first kappa shape index (κ1) is 15.3. The van der Waals surface area contributed by atoms with Crippen LogP contribution in [0, 0.1) is 0 Å². The molecule has 1 saturated heterocycles. The Morgan fingerprint density at radius 1 is 1.35 bits per heavy atom. The highest BCUT2D eigenvalue weighted by atomic mass is 15.2. The number of hydrogen-bond acceptors (Lipinski definition) is 2. The average molecular weight is 272 g/mol. The monoisotopic (exact) mass is 272 g/mol. The first-order valence-corrected chi connectivity index (χ1v) is 7.85. The molecule has 2 unspecified atom stereocenters. The van der Waals surface area contributed by atoms with Gasteiger partial charge in [-0.2, -0.15) is 0 Å². The van der Waals surface area contributed by atoms with E-state index in [2.05, 4.69) is 73.5 Å². The molecule has 1 N–H and O–H groups in total. The van der Waals surface area contributed by atoms with Crippen molar-refractivity contribution in [3.63, 3.8) is 0 Å². The van der Waals surface area contributed by atoms with E-state index in [9.17, 15) is 0 Å². The summed E-state index contributed by atoms with van der Waals surface area (Å²) in [6.07, 6.45) is 6.79. The Balaban J connectivity index is 2.10. The third-order valence-electron chi connectivity index (χ3n) is 4.46. The summed E-state index contributed by atoms with van der Waals surface area (Å²) in [6, 6.07) is 11.5. The first-order chi connectivity index (χ1) is 9.69. The average Bonchev–Trinajstić information content (AvgIpc) is 2.49. The molecule has 0 aliphatic carbocycles. The lowest BCUT2D eigenvalue weighted by molar-refractivity contribution is 0.0849. The van der Waals surface area contributed by atoms with Gasteiger partial charge in [0.15, 0.2) is 0 Å². The molecule has 0 amide bonds. The maximum absolute atomic E-state index is 3.77. The van der Waals surface area contributed by atoms with E-state index in [4.69, 9.17) is 0 Å². The quantitative estimate of drug-likeness (QED) is 0.825. The van der Waals surface area contributed by atoms with E-state index in [1.807, 2.05) is 0 Å². The summed E-state index contributed by atoms with van der Waals surface area (Å²) in [6.45, 7) is 10.1. The molecular weight excluding hydrogens is 244 g/mol. The molecule has 1 aromatic carbocycles. The molecule has 2 rings (SSSR count). The Morgan fingerprint density at radius 3 is 2.75 bits per heavy atom. The van der Waals surface area contributed by atoms with Crippen molar-refractivity contribution in [2.45, 2.75) is 45.2 Å². The number of benzene rings is 1. The van der Waals surface area contributed by atoms with Crippen LogP contribution >= 0.6 is 0 Å². The van der Waals surface area contributed by atoms with E-state index >= 15 is 0 Å². The fourth-order valence-corrected chi connectivity index (χ4v) is 3.13. The molecule has 1 aliphatic heterocycles. The van der Waals surface area contributed by atoms with E-state index in [1.165, 1.54) is 12.0 Å². The summed E-state index contributed by atoms with van der Waals surface area (Å²) in [7, 11) is 0. The van der Waals surface area contributed by atoms with E-state index < -0.39 is 0 Å². The van der Waals surface area contributed by atoms with Crippen LogP contribution in [0.4, 0.5) is 0 Å². The number of piperazine rings is 1. The fraction of sp³-hybridized carbons (Fsp3) is 0.556. The molecule has 20 heavy (non-hydrogen) atoms. The van der Waals surface area contributed by atoms with Crippen molar-refractivity contribution in [2.75, 3.05) is 19.6 Å². The molecule has 1 fully saturated rings. The van der Waals surface area contributed by atoms with Gasteiger partial charge in [-0.25, -0.2) is 0 Å². The predicted octanol–water partition coefficient (Wildman–Crippen LogP) is 3.55. The zero-order valence-corrected chi connectivity index (χ0v) is 13.1. The SMILES string of the molecule is C/C=C/CCN1CC(C)(c2ccccc2)NCC1CC. The van der Waals surface area contributed by atoms with Crippen LogP contribution in [0.2, 0.25) is 0 Å². The van der Waals surface area contributed by atoms with Gasteiger partial charge in [-0.15, -0.1) is 0 Å². The maximum Gasteiger partial charge on any atom is 0.0535 e. The minimum atomic E-state index is 0.0723. The van der Waals surface area contributed by atoms with Crippen molar-refractivity contribution < 1.29 is 0 Å². The smallest absolute Gasteiger partial charge is 0.0535 e. The van der Waals surface area contributed by atoms with Gasteiger partial charge >= 0.3 is 0 Å². The Bertz CT molecular complexity index is 426. The molecule has 2 heteroatoms. The highest BCUT2D eigenvalue weighted by Gasteiger charge is 2.35. The van der Waals surface area contributed by atoms with Gasteiger partial charge in [0.05, 0.1) is 5.54 Å². The van der Waals surface area contributed by atoms with E-state index in [-0.39, 0.29) is 5.54 Å². The predicted molar refractivity (Wildman–Crippen MR) is 86.9 cm³/mol. The number of nitrogens with zero attached hydrogens (tertiary/aromatic N) is 1. The van der Waals surface area contributed by atoms with Crippen molar-refractivity contribution in [3.05, 3.63) is 48.0 Å². The molecule has 0 saturated carbocycles. The lowest BCUT2D eigenvalue weighted by Gasteiger charge is -2.46. The van der Waals surface area contributed by atoms with Gasteiger partial charge in [-0.05, 0) is 32.3 Å². The molecule has 0 bridgehead atoms. The fourth-order valence-electron chi connectivity index (χ4n) is 3.13. The van der Waals surface area contributed by atoms with Crippen LogP contribution in [-0.2, 0) is 5.54 Å². The topological polar surface area (TPSA) is 15.3 Å². The lowest BCUT2D eigenvalue weighted by Crippen LogP contribution is -2.61. The van der Waals surface area contributed by atoms with Gasteiger partial charge in [-0.3, -0.25) is 4.90 Å². The molecule has 2 atom stereocenters. The summed E-state index contributed by atoms with van der Waals surface area (Å²) in [5.41, 5.74) is 1.47. The van der Waals surface area contributed by atoms with Gasteiger partial charge < -0.3 is 5.32 Å². The Hall–Kier alpha value is -1.12. The van der Waals surface area contributed by atoms with E-state index in [0.717, 1.165) is 26.1 Å². The second-order valence-electron chi connectivity index (χ2n) is 5.97. The molecule has 110 valence electrons. The molecule has 0 spiro atoms. The molecule has 1 aromatic rings. The minimum absolute atomic E-state index is 0.0723. The summed E-state index contributed by atoms with van der Waals surface area (Å²) in [5, 5.41) is 3.77. The van der Waals surface area contributed by atoms with Gasteiger partial charge in [0.25, 0.3) is 0 Å². The Labute approximate surface area is 123 Å². The molecule has 1 heterocycles. The summed E-state index contributed by atoms with van der Waals surface area (Å²) < 4.78 is 0. The molecule has 0 aromatic heterocycles. The maximum atomic E-state index is 3.77. The van der Waals surface area contributed by atoms with E-state index in [1.54, 1.807) is 0 Å². The minimum Gasteiger partial charge on any atom is -0.305 e. The van der Waals surface area contributed by atoms with Crippen molar-refractivity contribution >= 4 is 0 Å². The number of rotatable bonds is 5. The van der Waals surface area contributed by atoms with Crippen LogP contribution in [0.1, 0.15) is 39.2 Å². The van der Waals surface area contributed by atoms with Gasteiger partial charge in [0.1, 0.15) is 0 Å². The van der Waals surface area contributed by atoms with E-state index in [0.29, 0.717) is 6.04 Å². The number of allylic oxidation sites excluding steroid dienone is 1. The zero-order chi connectivity index (χ0) is 14.4. The highest BCUT2D eigenvalue weighted by Crippen LogP contribution is 2.27. The molecule has 2 nitrogen and oxygen atoms in total. The van der Waals surface area contributed by atoms with Crippen LogP contribution in [-0.4, -0.2) is 30.6 Å². The van der Waals surface area contributed by atoms with Gasteiger partial charge in [0.2, 0.25) is 0 Å². The second kappa shape index (κ2) is 7.05. The Kier molecular flexibility index (Phi) is 5.38. The number of hydrogen-bond donors (Lipinski definition) is 1. The van der Waals surface area contributed by atoms with Crippen molar-refractivity contribution in [1.82, 2.24) is 10.2 Å². The van der Waals surface area contributed by atoms with Gasteiger partial charge in [0, 0.05) is 25.7 Å². The Morgan fingerprint density at radius 2 is 2.10 bits per heavy atom. The summed E-state index contributed by atoms with van der Waals surface area (Å²) >= 11 is 0. The summed E-state index contributed by atoms with van der Waals surface area (Å²) in [4.78, 5) is 2.66. The van der Waals surface area contributed by atoms with Gasteiger partial charge in [-0.1, -0.05) is 49.4 Å². The van der Waals surface area contributed by atoms with Crippen LogP contribution in [0.3, 0.4) is 0 Å². The zero-order valence-electron chi connectivity index (χ0n) is 13.1. The van der Waals surface area contributed by atoms with Crippen LogP contribution < -0.4 is 5.32 Å². The van der Waals surface area contributed by atoms with Crippen molar-refractivity contribution in [3.8, 4) is 0 Å². The molecule has 0 radical (unpaired) electrons. The second-order valence-corrected chi connectivity index (χ2v) is 5.97. The number of nitrogens with one attached hydrogen (secondary N) is 1. The van der Waals surface area contributed by atoms with Crippen LogP contribution in [0.5, 0.6) is 0 Å². The largest absolute Gasteiger partial charge is 0.305 e. The van der Waals surface area contributed by atoms with Crippen LogP contribution in [0.15, 0.2) is 42.5 Å². The summed E-state index contributed by atoms with van der Waals surface area (Å²) in [5.74, 6) is 0. The highest BCUT2D eigenvalue weighted by molar-refractivity contribution is 5.25. The first-order valence-electron chi connectivity index (χ1n) is 7.85.